The van der Waals surface area contributed by atoms with Crippen LogP contribution in [0.15, 0.2) is 49.2 Å². The molecule has 0 radical (unpaired) electrons. The van der Waals surface area contributed by atoms with E-state index in [1.165, 1.54) is 0 Å². The molecule has 0 saturated carbocycles. The Hall–Kier alpha value is -2.56. The Balaban J connectivity index is 1.80. The third kappa shape index (κ3) is 2.42. The topological polar surface area (TPSA) is 44.9 Å². The number of benzene rings is 1. The summed E-state index contributed by atoms with van der Waals surface area (Å²) in [6.45, 7) is 2.72. The first-order valence-electron chi connectivity index (χ1n) is 6.41. The minimum Gasteiger partial charge on any atom is -0.497 e. The smallest absolute Gasteiger partial charge is 0.119 e. The van der Waals surface area contributed by atoms with E-state index in [9.17, 15) is 0 Å². The monoisotopic (exact) mass is 268 g/mol. The van der Waals surface area contributed by atoms with Crippen molar-refractivity contribution in [1.29, 1.82) is 0 Å². The number of methoxy groups -OCH3 is 1. The third-order valence-electron chi connectivity index (χ3n) is 3.26. The fourth-order valence-electron chi connectivity index (χ4n) is 2.09. The average Bonchev–Trinajstić information content (AvgIpc) is 3.10. The molecule has 2 heterocycles. The van der Waals surface area contributed by atoms with Crippen molar-refractivity contribution in [2.45, 2.75) is 13.5 Å². The number of aromatic nitrogens is 4. The second-order valence-corrected chi connectivity index (χ2v) is 4.57. The van der Waals surface area contributed by atoms with Crippen LogP contribution in [-0.4, -0.2) is 26.2 Å². The van der Waals surface area contributed by atoms with Gasteiger partial charge < -0.3 is 13.9 Å². The van der Waals surface area contributed by atoms with Crippen molar-refractivity contribution >= 4 is 0 Å². The van der Waals surface area contributed by atoms with Gasteiger partial charge in [-0.1, -0.05) is 0 Å². The van der Waals surface area contributed by atoms with Crippen LogP contribution < -0.4 is 4.74 Å². The van der Waals surface area contributed by atoms with Crippen LogP contribution in [0.1, 0.15) is 11.5 Å². The third-order valence-corrected chi connectivity index (χ3v) is 3.26. The lowest BCUT2D eigenvalue weighted by Gasteiger charge is -2.04. The van der Waals surface area contributed by atoms with E-state index in [1.54, 1.807) is 13.3 Å². The molecule has 102 valence electrons. The number of imidazole rings is 2. The second-order valence-electron chi connectivity index (χ2n) is 4.57. The summed E-state index contributed by atoms with van der Waals surface area (Å²) in [5.41, 5.74) is 2.06. The number of nitrogens with zero attached hydrogens (tertiary/aromatic N) is 4. The van der Waals surface area contributed by atoms with Gasteiger partial charge in [-0.3, -0.25) is 0 Å². The summed E-state index contributed by atoms with van der Waals surface area (Å²) in [4.78, 5) is 8.65. The Morgan fingerprint density at radius 1 is 1.15 bits per heavy atom. The molecule has 0 aliphatic rings. The number of hydrogen-bond acceptors (Lipinski definition) is 3. The van der Waals surface area contributed by atoms with Crippen molar-refractivity contribution in [2.24, 2.45) is 0 Å². The van der Waals surface area contributed by atoms with Crippen molar-refractivity contribution in [2.75, 3.05) is 7.11 Å². The van der Waals surface area contributed by atoms with Crippen molar-refractivity contribution in [3.05, 3.63) is 60.7 Å². The van der Waals surface area contributed by atoms with Crippen molar-refractivity contribution in [3.63, 3.8) is 0 Å². The zero-order valence-corrected chi connectivity index (χ0v) is 11.5. The molecule has 2 aromatic heterocycles. The Bertz CT molecular complexity index is 697. The molecule has 20 heavy (non-hydrogen) atoms. The van der Waals surface area contributed by atoms with E-state index >= 15 is 0 Å². The molecule has 3 aromatic rings. The minimum absolute atomic E-state index is 0.731. The van der Waals surface area contributed by atoms with Gasteiger partial charge in [-0.05, 0) is 31.2 Å². The summed E-state index contributed by atoms with van der Waals surface area (Å²) in [5.74, 6) is 1.84. The van der Waals surface area contributed by atoms with Crippen LogP contribution in [0.2, 0.25) is 0 Å². The van der Waals surface area contributed by atoms with E-state index in [-0.39, 0.29) is 0 Å². The fourth-order valence-corrected chi connectivity index (χ4v) is 2.09. The summed E-state index contributed by atoms with van der Waals surface area (Å²) in [7, 11) is 1.66. The van der Waals surface area contributed by atoms with Crippen LogP contribution in [0.25, 0.3) is 5.69 Å². The molecule has 5 heteroatoms. The molecule has 0 saturated heterocycles. The van der Waals surface area contributed by atoms with Crippen LogP contribution in [0, 0.1) is 6.92 Å². The lowest BCUT2D eigenvalue weighted by atomic mass is 10.3. The fraction of sp³-hybridized carbons (Fsp3) is 0.200. The Morgan fingerprint density at radius 2 is 1.95 bits per heavy atom. The van der Waals surface area contributed by atoms with Gasteiger partial charge in [0.15, 0.2) is 0 Å². The van der Waals surface area contributed by atoms with Crippen LogP contribution >= 0.6 is 0 Å². The maximum Gasteiger partial charge on any atom is 0.119 e. The Kier molecular flexibility index (Phi) is 3.25. The first-order valence-corrected chi connectivity index (χ1v) is 6.41. The van der Waals surface area contributed by atoms with E-state index in [0.29, 0.717) is 0 Å². The summed E-state index contributed by atoms with van der Waals surface area (Å²) in [6.07, 6.45) is 7.61. The van der Waals surface area contributed by atoms with E-state index in [2.05, 4.69) is 14.5 Å². The highest BCUT2D eigenvalue weighted by atomic mass is 16.5. The molecule has 1 aromatic carbocycles. The standard InChI is InChI=1S/C15H16N4O/c1-12-16-7-8-18(12)9-13-10-19(11-17-13)14-3-5-15(20-2)6-4-14/h3-8,10-11H,9H2,1-2H3. The molecular formula is C15H16N4O. The number of aryl methyl sites for hydroxylation is 1. The highest BCUT2D eigenvalue weighted by Crippen LogP contribution is 2.15. The van der Waals surface area contributed by atoms with E-state index in [0.717, 1.165) is 29.5 Å². The number of hydrogen-bond donors (Lipinski definition) is 0. The molecule has 0 aliphatic heterocycles. The predicted molar refractivity (Wildman–Crippen MR) is 76.2 cm³/mol. The zero-order chi connectivity index (χ0) is 13.9. The lowest BCUT2D eigenvalue weighted by Crippen LogP contribution is -2.00. The molecular weight excluding hydrogens is 252 g/mol. The SMILES string of the molecule is COc1ccc(-n2cnc(Cn3ccnc3C)c2)cc1. The van der Waals surface area contributed by atoms with E-state index < -0.39 is 0 Å². The summed E-state index contributed by atoms with van der Waals surface area (Å²) in [5, 5.41) is 0. The van der Waals surface area contributed by atoms with Gasteiger partial charge in [0.05, 0.1) is 25.7 Å². The summed E-state index contributed by atoms with van der Waals surface area (Å²) in [6, 6.07) is 7.89. The van der Waals surface area contributed by atoms with Gasteiger partial charge in [-0.25, -0.2) is 9.97 Å². The molecule has 0 spiro atoms. The summed E-state index contributed by atoms with van der Waals surface area (Å²) >= 11 is 0. The lowest BCUT2D eigenvalue weighted by molar-refractivity contribution is 0.415. The first-order chi connectivity index (χ1) is 9.76. The molecule has 0 fully saturated rings. The molecule has 0 amide bonds. The van der Waals surface area contributed by atoms with Gasteiger partial charge in [0, 0.05) is 24.3 Å². The van der Waals surface area contributed by atoms with Gasteiger partial charge in [0.1, 0.15) is 11.6 Å². The molecule has 0 atom stereocenters. The summed E-state index contributed by atoms with van der Waals surface area (Å²) < 4.78 is 9.23. The minimum atomic E-state index is 0.731. The molecule has 5 nitrogen and oxygen atoms in total. The second kappa shape index (κ2) is 5.21. The van der Waals surface area contributed by atoms with Crippen LogP contribution in [0.5, 0.6) is 5.75 Å². The van der Waals surface area contributed by atoms with Crippen LogP contribution in [0.3, 0.4) is 0 Å². The highest BCUT2D eigenvalue weighted by molar-refractivity contribution is 5.37. The Morgan fingerprint density at radius 3 is 2.60 bits per heavy atom. The van der Waals surface area contributed by atoms with Crippen LogP contribution in [-0.2, 0) is 6.54 Å². The van der Waals surface area contributed by atoms with Crippen LogP contribution in [0.4, 0.5) is 0 Å². The molecule has 3 rings (SSSR count). The molecule has 0 unspecified atom stereocenters. The van der Waals surface area contributed by atoms with Gasteiger partial charge in [0.2, 0.25) is 0 Å². The molecule has 0 N–H and O–H groups in total. The quantitative estimate of drug-likeness (QED) is 0.730. The normalized spacial score (nSPS) is 10.7. The zero-order valence-electron chi connectivity index (χ0n) is 11.5. The van der Waals surface area contributed by atoms with Gasteiger partial charge in [0.25, 0.3) is 0 Å². The van der Waals surface area contributed by atoms with Gasteiger partial charge >= 0.3 is 0 Å². The predicted octanol–water partition coefficient (Wildman–Crippen LogP) is 2.43. The largest absolute Gasteiger partial charge is 0.497 e. The number of ether oxygens (including phenoxy) is 1. The van der Waals surface area contributed by atoms with Crippen molar-refractivity contribution in [3.8, 4) is 11.4 Å². The van der Waals surface area contributed by atoms with Crippen molar-refractivity contribution in [1.82, 2.24) is 19.1 Å². The maximum absolute atomic E-state index is 5.16. The average molecular weight is 268 g/mol. The molecule has 0 aliphatic carbocycles. The van der Waals surface area contributed by atoms with Gasteiger partial charge in [-0.2, -0.15) is 0 Å². The van der Waals surface area contributed by atoms with Gasteiger partial charge in [-0.15, -0.1) is 0 Å². The number of rotatable bonds is 4. The Labute approximate surface area is 117 Å². The maximum atomic E-state index is 5.16. The van der Waals surface area contributed by atoms with E-state index in [1.807, 2.05) is 54.5 Å². The van der Waals surface area contributed by atoms with E-state index in [4.69, 9.17) is 4.74 Å². The molecule has 0 bridgehead atoms. The first kappa shape index (κ1) is 12.5. The highest BCUT2D eigenvalue weighted by Gasteiger charge is 2.04. The van der Waals surface area contributed by atoms with Crippen molar-refractivity contribution < 1.29 is 4.74 Å².